The van der Waals surface area contributed by atoms with Gasteiger partial charge >= 0.3 is 17.5 Å². The fourth-order valence-electron chi connectivity index (χ4n) is 4.06. The molecule has 0 saturated heterocycles. The third-order valence-corrected chi connectivity index (χ3v) is 7.64. The van der Waals surface area contributed by atoms with Gasteiger partial charge in [-0.2, -0.15) is 13.2 Å². The average Bonchev–Trinajstić information content (AvgIpc) is 3.09. The number of carbonyl (C=O) groups excluding carboxylic acids is 1. The Morgan fingerprint density at radius 3 is 2.69 bits per heavy atom. The number of rotatable bonds is 10. The monoisotopic (exact) mass is 542 g/mol. The lowest BCUT2D eigenvalue weighted by atomic mass is 10.1. The van der Waals surface area contributed by atoms with Crippen LogP contribution in [0.5, 0.6) is 0 Å². The number of aliphatic carboxylic acids is 1. The molecule has 6 nitrogen and oxygen atoms in total. The van der Waals surface area contributed by atoms with Crippen molar-refractivity contribution in [3.8, 4) is 0 Å². The highest BCUT2D eigenvalue weighted by Crippen LogP contribution is 2.38. The Kier molecular flexibility index (Phi) is 9.98. The van der Waals surface area contributed by atoms with Gasteiger partial charge in [0.1, 0.15) is 5.25 Å². The molecule has 0 aliphatic heterocycles. The van der Waals surface area contributed by atoms with Crippen molar-refractivity contribution in [2.45, 2.75) is 54.3 Å². The number of nitrogens with zero attached hydrogens (tertiary/aromatic N) is 1. The highest BCUT2D eigenvalue weighted by molar-refractivity contribution is 8.03. The van der Waals surface area contributed by atoms with Gasteiger partial charge in [0.25, 0.3) is 0 Å². The number of amides is 2. The normalized spacial score (nSPS) is 18.1. The van der Waals surface area contributed by atoms with Crippen molar-refractivity contribution < 1.29 is 32.6 Å². The summed E-state index contributed by atoms with van der Waals surface area (Å²) in [5, 5.41) is 11.5. The highest BCUT2D eigenvalue weighted by Gasteiger charge is 2.31. The lowest BCUT2D eigenvalue weighted by Crippen LogP contribution is -2.47. The van der Waals surface area contributed by atoms with Gasteiger partial charge in [0.15, 0.2) is 0 Å². The molecule has 2 amide bonds. The largest absolute Gasteiger partial charge is 0.480 e. The molecule has 0 heterocycles. The third kappa shape index (κ3) is 8.35. The Balaban J connectivity index is 1.71. The van der Waals surface area contributed by atoms with Crippen LogP contribution in [0.1, 0.15) is 30.9 Å². The fourth-order valence-corrected chi connectivity index (χ4v) is 5.54. The first-order chi connectivity index (χ1) is 17.1. The second-order valence-corrected chi connectivity index (χ2v) is 11.1. The molecule has 2 aliphatic rings. The van der Waals surface area contributed by atoms with Gasteiger partial charge < -0.3 is 20.1 Å². The minimum atomic E-state index is -4.36. The molecule has 1 aromatic carbocycles. The van der Waals surface area contributed by atoms with Gasteiger partial charge in [0.05, 0.1) is 0 Å². The molecule has 0 saturated carbocycles. The molecule has 3 rings (SSSR count). The second-order valence-electron chi connectivity index (χ2n) is 8.47. The second kappa shape index (κ2) is 12.7. The van der Waals surface area contributed by atoms with Crippen molar-refractivity contribution in [3.05, 3.63) is 64.2 Å². The maximum atomic E-state index is 13.3. The number of carboxylic acid groups (broad SMARTS) is 1. The predicted molar refractivity (Wildman–Crippen MR) is 136 cm³/mol. The number of methoxy groups -OCH3 is 1. The van der Waals surface area contributed by atoms with E-state index in [1.165, 1.54) is 23.9 Å². The number of thioether (sulfide) groups is 2. The first-order valence-electron chi connectivity index (χ1n) is 11.5. The number of halogens is 3. The van der Waals surface area contributed by atoms with Gasteiger partial charge in [0, 0.05) is 36.9 Å². The van der Waals surface area contributed by atoms with Crippen molar-refractivity contribution in [1.82, 2.24) is 10.2 Å². The van der Waals surface area contributed by atoms with Crippen LogP contribution in [0.3, 0.4) is 0 Å². The number of fused-ring (bicyclic) bond motifs is 1. The van der Waals surface area contributed by atoms with Gasteiger partial charge in [-0.25, -0.2) is 4.79 Å². The van der Waals surface area contributed by atoms with E-state index < -0.39 is 16.7 Å². The molecule has 11 heteroatoms. The van der Waals surface area contributed by atoms with Crippen molar-refractivity contribution in [2.75, 3.05) is 20.3 Å². The molecule has 1 aromatic rings. The average molecular weight is 543 g/mol. The molecule has 0 radical (unpaired) electrons. The first kappa shape index (κ1) is 28.2. The van der Waals surface area contributed by atoms with Crippen LogP contribution in [0.2, 0.25) is 0 Å². The standard InChI is InChI=1S/C25H29F3N2O4S2/c1-16(23(31)32)35-22-9-7-17-13-20(14-18(17)15-22)30(11-4-12-34-2)24(33)29-19-5-3-6-21(10-8-19)36-25(26,27)28/h3,5,7-10,15-16,20H,4,6,11-14H2,1-2H3,(H,29,33)(H,31,32). The summed E-state index contributed by atoms with van der Waals surface area (Å²) in [6, 6.07) is 5.46. The SMILES string of the molecule is COCCCN(C(=O)NC1=CC=C(SC(F)(F)F)CC=C1)C1Cc2ccc(SC(C)C(=O)O)cc2C1. The van der Waals surface area contributed by atoms with Crippen LogP contribution in [0.4, 0.5) is 18.0 Å². The van der Waals surface area contributed by atoms with Crippen LogP contribution in [0.15, 0.2) is 58.0 Å². The summed E-state index contributed by atoms with van der Waals surface area (Å²) < 4.78 is 43.3. The summed E-state index contributed by atoms with van der Waals surface area (Å²) >= 11 is 1.12. The highest BCUT2D eigenvalue weighted by atomic mass is 32.2. The number of alkyl halides is 3. The van der Waals surface area contributed by atoms with Crippen molar-refractivity contribution >= 4 is 35.5 Å². The van der Waals surface area contributed by atoms with E-state index in [1.54, 1.807) is 31.1 Å². The van der Waals surface area contributed by atoms with Crippen molar-refractivity contribution in [2.24, 2.45) is 0 Å². The van der Waals surface area contributed by atoms with Gasteiger partial charge in [-0.15, -0.1) is 11.8 Å². The third-order valence-electron chi connectivity index (χ3n) is 5.76. The van der Waals surface area contributed by atoms with Gasteiger partial charge in [-0.3, -0.25) is 4.79 Å². The Hall–Kier alpha value is -2.37. The molecule has 0 spiro atoms. The number of benzene rings is 1. The van der Waals surface area contributed by atoms with Crippen LogP contribution in [-0.4, -0.2) is 59.1 Å². The minimum absolute atomic E-state index is 0.101. The summed E-state index contributed by atoms with van der Waals surface area (Å²) in [5.41, 5.74) is -1.74. The van der Waals surface area contributed by atoms with E-state index in [2.05, 4.69) is 5.32 Å². The first-order valence-corrected chi connectivity index (χ1v) is 13.2. The summed E-state index contributed by atoms with van der Waals surface area (Å²) in [4.78, 5) is 27.2. The van der Waals surface area contributed by atoms with Crippen molar-refractivity contribution in [1.29, 1.82) is 0 Å². The molecular weight excluding hydrogens is 513 g/mol. The van der Waals surface area contributed by atoms with E-state index >= 15 is 0 Å². The van der Waals surface area contributed by atoms with Crippen LogP contribution in [-0.2, 0) is 22.4 Å². The number of carbonyl (C=O) groups is 2. The van der Waals surface area contributed by atoms with Crippen LogP contribution in [0.25, 0.3) is 0 Å². The van der Waals surface area contributed by atoms with Crippen molar-refractivity contribution in [3.63, 3.8) is 0 Å². The molecule has 196 valence electrons. The van der Waals surface area contributed by atoms with E-state index in [-0.39, 0.29) is 35.2 Å². The molecule has 0 aromatic heterocycles. The Labute approximate surface area is 217 Å². The van der Waals surface area contributed by atoms with E-state index in [9.17, 15) is 27.9 Å². The Bertz CT molecular complexity index is 1060. The molecule has 2 aliphatic carbocycles. The summed E-state index contributed by atoms with van der Waals surface area (Å²) in [6.07, 6.45) is 8.14. The predicted octanol–water partition coefficient (Wildman–Crippen LogP) is 5.75. The van der Waals surface area contributed by atoms with E-state index in [1.807, 2.05) is 18.2 Å². The number of allylic oxidation sites excluding steroid dienone is 5. The van der Waals surface area contributed by atoms with Gasteiger partial charge in [0.2, 0.25) is 0 Å². The summed E-state index contributed by atoms with van der Waals surface area (Å²) in [5.74, 6) is -0.875. The molecule has 2 unspecified atom stereocenters. The zero-order chi connectivity index (χ0) is 26.3. The van der Waals surface area contributed by atoms with Crippen LogP contribution < -0.4 is 5.32 Å². The fraction of sp³-hybridized carbons (Fsp3) is 0.440. The van der Waals surface area contributed by atoms with E-state index in [4.69, 9.17) is 4.74 Å². The Morgan fingerprint density at radius 1 is 1.25 bits per heavy atom. The van der Waals surface area contributed by atoms with Crippen LogP contribution in [0, 0.1) is 0 Å². The maximum absolute atomic E-state index is 13.3. The zero-order valence-corrected chi connectivity index (χ0v) is 21.6. The zero-order valence-electron chi connectivity index (χ0n) is 20.0. The number of nitrogens with one attached hydrogen (secondary N) is 1. The Morgan fingerprint density at radius 2 is 2.00 bits per heavy atom. The number of hydrogen-bond acceptors (Lipinski definition) is 5. The minimum Gasteiger partial charge on any atom is -0.480 e. The van der Waals surface area contributed by atoms with Gasteiger partial charge in [-0.1, -0.05) is 18.2 Å². The summed E-state index contributed by atoms with van der Waals surface area (Å²) in [7, 11) is 1.59. The lowest BCUT2D eigenvalue weighted by Gasteiger charge is -2.29. The molecule has 2 atom stereocenters. The maximum Gasteiger partial charge on any atom is 0.446 e. The number of carboxylic acids is 1. The number of ether oxygens (including phenoxy) is 1. The quantitative estimate of drug-likeness (QED) is 0.290. The molecule has 0 fully saturated rings. The van der Waals surface area contributed by atoms with Gasteiger partial charge in [-0.05, 0) is 84.7 Å². The summed E-state index contributed by atoms with van der Waals surface area (Å²) in [6.45, 7) is 2.58. The van der Waals surface area contributed by atoms with E-state index in [0.717, 1.165) is 16.0 Å². The molecular formula is C25H29F3N2O4S2. The lowest BCUT2D eigenvalue weighted by molar-refractivity contribution is -0.136. The number of urea groups is 1. The topological polar surface area (TPSA) is 78.9 Å². The smallest absolute Gasteiger partial charge is 0.446 e. The van der Waals surface area contributed by atoms with E-state index in [0.29, 0.717) is 38.1 Å². The molecule has 0 bridgehead atoms. The molecule has 2 N–H and O–H groups in total. The van der Waals surface area contributed by atoms with Crippen LogP contribution >= 0.6 is 23.5 Å². The number of hydrogen-bond donors (Lipinski definition) is 2. The molecule has 36 heavy (non-hydrogen) atoms.